The van der Waals surface area contributed by atoms with Crippen LogP contribution in [0.25, 0.3) is 0 Å². The van der Waals surface area contributed by atoms with Gasteiger partial charge in [0.2, 0.25) is 5.91 Å². The van der Waals surface area contributed by atoms with Crippen molar-refractivity contribution >= 4 is 11.8 Å². The van der Waals surface area contributed by atoms with Gasteiger partial charge in [-0.25, -0.2) is 4.39 Å². The Morgan fingerprint density at radius 3 is 2.36 bits per heavy atom. The molecule has 0 aromatic heterocycles. The van der Waals surface area contributed by atoms with E-state index in [4.69, 9.17) is 5.11 Å². The Labute approximate surface area is 129 Å². The SMILES string of the molecule is CCC(CO)NC(=O)C(NC(=O)c1ccccc1F)C(C)C. The lowest BCUT2D eigenvalue weighted by Gasteiger charge is -2.24. The first-order chi connectivity index (χ1) is 10.4. The lowest BCUT2D eigenvalue weighted by molar-refractivity contribution is -0.125. The van der Waals surface area contributed by atoms with Gasteiger partial charge in [-0.3, -0.25) is 9.59 Å². The summed E-state index contributed by atoms with van der Waals surface area (Å²) in [6.45, 7) is 5.23. The lowest BCUT2D eigenvalue weighted by atomic mass is 10.0. The number of rotatable bonds is 7. The molecule has 2 atom stereocenters. The summed E-state index contributed by atoms with van der Waals surface area (Å²) in [4.78, 5) is 24.4. The predicted octanol–water partition coefficient (Wildman–Crippen LogP) is 1.47. The number of benzene rings is 1. The number of hydrogen-bond acceptors (Lipinski definition) is 3. The molecule has 0 aliphatic carbocycles. The van der Waals surface area contributed by atoms with Crippen molar-refractivity contribution in [3.05, 3.63) is 35.6 Å². The van der Waals surface area contributed by atoms with Crippen LogP contribution in [0.3, 0.4) is 0 Å². The Bertz CT molecular complexity index is 516. The quantitative estimate of drug-likeness (QED) is 0.713. The topological polar surface area (TPSA) is 78.4 Å². The molecule has 2 unspecified atom stereocenters. The maximum atomic E-state index is 13.6. The molecule has 2 amide bonds. The summed E-state index contributed by atoms with van der Waals surface area (Å²) in [6, 6.07) is 4.44. The molecule has 22 heavy (non-hydrogen) atoms. The molecule has 0 saturated carbocycles. The highest BCUT2D eigenvalue weighted by Gasteiger charge is 2.26. The van der Waals surface area contributed by atoms with Crippen LogP contribution >= 0.6 is 0 Å². The first-order valence-corrected chi connectivity index (χ1v) is 7.37. The normalized spacial score (nSPS) is 13.5. The molecular weight excluding hydrogens is 287 g/mol. The van der Waals surface area contributed by atoms with E-state index in [1.54, 1.807) is 19.9 Å². The minimum absolute atomic E-state index is 0.102. The fraction of sp³-hybridized carbons (Fsp3) is 0.500. The van der Waals surface area contributed by atoms with Crippen molar-refractivity contribution in [2.24, 2.45) is 5.92 Å². The third-order valence-corrected chi connectivity index (χ3v) is 3.41. The van der Waals surface area contributed by atoms with Gasteiger partial charge in [-0.15, -0.1) is 0 Å². The van der Waals surface area contributed by atoms with Gasteiger partial charge in [-0.2, -0.15) is 0 Å². The van der Waals surface area contributed by atoms with Crippen molar-refractivity contribution in [1.29, 1.82) is 0 Å². The maximum absolute atomic E-state index is 13.6. The first kappa shape index (κ1) is 18.1. The number of aliphatic hydroxyl groups is 1. The lowest BCUT2D eigenvalue weighted by Crippen LogP contribution is -2.52. The van der Waals surface area contributed by atoms with E-state index < -0.39 is 17.8 Å². The van der Waals surface area contributed by atoms with Gasteiger partial charge < -0.3 is 15.7 Å². The summed E-state index contributed by atoms with van der Waals surface area (Å²) < 4.78 is 13.6. The smallest absolute Gasteiger partial charge is 0.254 e. The molecule has 0 aliphatic heterocycles. The van der Waals surface area contributed by atoms with Gasteiger partial charge in [-0.05, 0) is 24.5 Å². The van der Waals surface area contributed by atoms with Crippen molar-refractivity contribution in [3.63, 3.8) is 0 Å². The molecule has 0 radical (unpaired) electrons. The zero-order valence-corrected chi connectivity index (χ0v) is 13.1. The Kier molecular flexibility index (Phi) is 6.98. The maximum Gasteiger partial charge on any atom is 0.254 e. The summed E-state index contributed by atoms with van der Waals surface area (Å²) in [7, 11) is 0. The highest BCUT2D eigenvalue weighted by Crippen LogP contribution is 2.09. The number of aliphatic hydroxyl groups excluding tert-OH is 1. The molecular formula is C16H23FN2O3. The van der Waals surface area contributed by atoms with Crippen LogP contribution in [-0.2, 0) is 4.79 Å². The van der Waals surface area contributed by atoms with E-state index in [0.717, 1.165) is 0 Å². The number of halogens is 1. The standard InChI is InChI=1S/C16H23FN2O3/c1-4-11(9-20)18-16(22)14(10(2)3)19-15(21)12-7-5-6-8-13(12)17/h5-8,10-11,14,20H,4,9H2,1-3H3,(H,18,22)(H,19,21). The largest absolute Gasteiger partial charge is 0.394 e. The molecule has 3 N–H and O–H groups in total. The molecule has 1 rings (SSSR count). The highest BCUT2D eigenvalue weighted by atomic mass is 19.1. The molecule has 0 aliphatic rings. The van der Waals surface area contributed by atoms with Crippen LogP contribution in [0.1, 0.15) is 37.6 Å². The van der Waals surface area contributed by atoms with Gasteiger partial charge in [0, 0.05) is 0 Å². The fourth-order valence-corrected chi connectivity index (χ4v) is 1.97. The fourth-order valence-electron chi connectivity index (χ4n) is 1.97. The molecule has 1 aromatic carbocycles. The zero-order valence-electron chi connectivity index (χ0n) is 13.1. The monoisotopic (exact) mass is 310 g/mol. The Morgan fingerprint density at radius 2 is 1.86 bits per heavy atom. The second kappa shape index (κ2) is 8.48. The minimum Gasteiger partial charge on any atom is -0.394 e. The van der Waals surface area contributed by atoms with Crippen molar-refractivity contribution in [1.82, 2.24) is 10.6 Å². The average Bonchev–Trinajstić information content (AvgIpc) is 2.49. The molecule has 0 spiro atoms. The van der Waals surface area contributed by atoms with Gasteiger partial charge in [-0.1, -0.05) is 32.9 Å². The molecule has 1 aromatic rings. The van der Waals surface area contributed by atoms with Crippen LogP contribution in [0.4, 0.5) is 4.39 Å². The number of nitrogens with one attached hydrogen (secondary N) is 2. The summed E-state index contributed by atoms with van der Waals surface area (Å²) in [6.07, 6.45) is 0.578. The van der Waals surface area contributed by atoms with E-state index in [1.165, 1.54) is 18.2 Å². The summed E-state index contributed by atoms with van der Waals surface area (Å²) in [5.41, 5.74) is -0.102. The number of amides is 2. The molecule has 122 valence electrons. The number of carbonyl (C=O) groups is 2. The van der Waals surface area contributed by atoms with Gasteiger partial charge in [0.15, 0.2) is 0 Å². The highest BCUT2D eigenvalue weighted by molar-refractivity contribution is 5.97. The van der Waals surface area contributed by atoms with Crippen molar-refractivity contribution in [2.75, 3.05) is 6.61 Å². The van der Waals surface area contributed by atoms with Gasteiger partial charge in [0.1, 0.15) is 11.9 Å². The Morgan fingerprint density at radius 1 is 1.23 bits per heavy atom. The molecule has 0 fully saturated rings. The predicted molar refractivity (Wildman–Crippen MR) is 81.8 cm³/mol. The number of carbonyl (C=O) groups excluding carboxylic acids is 2. The van der Waals surface area contributed by atoms with Crippen molar-refractivity contribution in [2.45, 2.75) is 39.3 Å². The summed E-state index contributed by atoms with van der Waals surface area (Å²) in [5, 5.41) is 14.4. The number of hydrogen-bond donors (Lipinski definition) is 3. The molecule has 0 heterocycles. The van der Waals surface area contributed by atoms with Gasteiger partial charge in [0.05, 0.1) is 18.2 Å². The van der Waals surface area contributed by atoms with Crippen LogP contribution < -0.4 is 10.6 Å². The van der Waals surface area contributed by atoms with E-state index in [-0.39, 0.29) is 30.0 Å². The minimum atomic E-state index is -0.798. The third kappa shape index (κ3) is 4.80. The van der Waals surface area contributed by atoms with Crippen LogP contribution in [0, 0.1) is 11.7 Å². The zero-order chi connectivity index (χ0) is 16.7. The molecule has 0 saturated heterocycles. The van der Waals surface area contributed by atoms with E-state index in [2.05, 4.69) is 10.6 Å². The van der Waals surface area contributed by atoms with E-state index in [0.29, 0.717) is 6.42 Å². The van der Waals surface area contributed by atoms with Crippen molar-refractivity contribution in [3.8, 4) is 0 Å². The van der Waals surface area contributed by atoms with E-state index in [9.17, 15) is 14.0 Å². The second-order valence-electron chi connectivity index (χ2n) is 5.47. The molecule has 6 heteroatoms. The Hall–Kier alpha value is -1.95. The van der Waals surface area contributed by atoms with Crippen LogP contribution in [-0.4, -0.2) is 35.6 Å². The van der Waals surface area contributed by atoms with Gasteiger partial charge >= 0.3 is 0 Å². The van der Waals surface area contributed by atoms with Gasteiger partial charge in [0.25, 0.3) is 5.91 Å². The summed E-state index contributed by atoms with van der Waals surface area (Å²) >= 11 is 0. The first-order valence-electron chi connectivity index (χ1n) is 7.37. The Balaban J connectivity index is 2.82. The average molecular weight is 310 g/mol. The molecule has 0 bridgehead atoms. The van der Waals surface area contributed by atoms with E-state index >= 15 is 0 Å². The summed E-state index contributed by atoms with van der Waals surface area (Å²) in [5.74, 6) is -1.83. The van der Waals surface area contributed by atoms with Crippen LogP contribution in [0.15, 0.2) is 24.3 Å². The van der Waals surface area contributed by atoms with Crippen molar-refractivity contribution < 1.29 is 19.1 Å². The second-order valence-corrected chi connectivity index (χ2v) is 5.47. The van der Waals surface area contributed by atoms with E-state index in [1.807, 2.05) is 6.92 Å². The third-order valence-electron chi connectivity index (χ3n) is 3.41. The van der Waals surface area contributed by atoms with Crippen LogP contribution in [0.2, 0.25) is 0 Å². The van der Waals surface area contributed by atoms with Crippen LogP contribution in [0.5, 0.6) is 0 Å². The molecule has 5 nitrogen and oxygen atoms in total.